The Morgan fingerprint density at radius 1 is 0.931 bits per heavy atom. The lowest BCUT2D eigenvalue weighted by molar-refractivity contribution is 0.240. The molecule has 0 radical (unpaired) electrons. The molecule has 29 heavy (non-hydrogen) atoms. The summed E-state index contributed by atoms with van der Waals surface area (Å²) in [6, 6.07) is 23.5. The average molecular weight is 390 g/mol. The fourth-order valence-electron chi connectivity index (χ4n) is 3.85. The predicted octanol–water partition coefficient (Wildman–Crippen LogP) is 6.87. The van der Waals surface area contributed by atoms with Crippen molar-refractivity contribution in [3.8, 4) is 0 Å². The largest absolute Gasteiger partial charge is 0.260 e. The molecule has 3 aromatic rings. The van der Waals surface area contributed by atoms with E-state index in [9.17, 15) is 4.39 Å². The van der Waals surface area contributed by atoms with Gasteiger partial charge in [0, 0.05) is 11.6 Å². The highest BCUT2D eigenvalue weighted by Gasteiger charge is 2.31. The molecule has 1 nitrogen and oxygen atoms in total. The maximum absolute atomic E-state index is 14.1. The van der Waals surface area contributed by atoms with Crippen LogP contribution in [0.15, 0.2) is 72.9 Å². The zero-order valence-corrected chi connectivity index (χ0v) is 18.0. The lowest BCUT2D eigenvalue weighted by Gasteiger charge is -2.31. The quantitative estimate of drug-likeness (QED) is 0.410. The van der Waals surface area contributed by atoms with Crippen molar-refractivity contribution in [3.63, 3.8) is 0 Å². The SMILES string of the molecule is Cc1ccc(C(C)(Cc2ccccc2)c2cccc(CCC(F)C(C)C)c2)nc1. The monoisotopic (exact) mass is 389 g/mol. The van der Waals surface area contributed by atoms with Crippen molar-refractivity contribution in [1.82, 2.24) is 4.98 Å². The van der Waals surface area contributed by atoms with Crippen LogP contribution in [-0.4, -0.2) is 11.2 Å². The molecule has 2 heteroatoms. The molecule has 1 heterocycles. The molecular weight excluding hydrogens is 357 g/mol. The lowest BCUT2D eigenvalue weighted by Crippen LogP contribution is -2.28. The number of nitrogens with zero attached hydrogens (tertiary/aromatic N) is 1. The number of rotatable bonds is 8. The van der Waals surface area contributed by atoms with E-state index in [1.54, 1.807) is 0 Å². The van der Waals surface area contributed by atoms with Gasteiger partial charge in [0.15, 0.2) is 0 Å². The van der Waals surface area contributed by atoms with Gasteiger partial charge in [-0.25, -0.2) is 4.39 Å². The van der Waals surface area contributed by atoms with Crippen molar-refractivity contribution in [2.75, 3.05) is 0 Å². The first kappa shape index (κ1) is 21.2. The number of benzene rings is 2. The molecule has 0 aliphatic carbocycles. The summed E-state index contributed by atoms with van der Waals surface area (Å²) in [6.45, 7) is 8.22. The van der Waals surface area contributed by atoms with E-state index in [2.05, 4.69) is 74.5 Å². The Hall–Kier alpha value is -2.48. The summed E-state index contributed by atoms with van der Waals surface area (Å²) < 4.78 is 14.1. The van der Waals surface area contributed by atoms with E-state index in [4.69, 9.17) is 4.98 Å². The molecule has 3 rings (SSSR count). The summed E-state index contributed by atoms with van der Waals surface area (Å²) in [7, 11) is 0. The summed E-state index contributed by atoms with van der Waals surface area (Å²) >= 11 is 0. The fourth-order valence-corrected chi connectivity index (χ4v) is 3.85. The van der Waals surface area contributed by atoms with Crippen molar-refractivity contribution >= 4 is 0 Å². The molecule has 2 aromatic carbocycles. The smallest absolute Gasteiger partial charge is 0.103 e. The number of alkyl halides is 1. The molecule has 0 aliphatic rings. The Kier molecular flexibility index (Phi) is 6.84. The molecule has 0 saturated carbocycles. The molecule has 152 valence electrons. The van der Waals surface area contributed by atoms with Crippen LogP contribution in [-0.2, 0) is 18.3 Å². The molecule has 0 bridgehead atoms. The minimum Gasteiger partial charge on any atom is -0.260 e. The highest BCUT2D eigenvalue weighted by molar-refractivity contribution is 5.40. The lowest BCUT2D eigenvalue weighted by atomic mass is 9.74. The molecule has 2 unspecified atom stereocenters. The third-order valence-electron chi connectivity index (χ3n) is 5.87. The minimum absolute atomic E-state index is 0.0679. The van der Waals surface area contributed by atoms with Crippen LogP contribution >= 0.6 is 0 Å². The summed E-state index contributed by atoms with van der Waals surface area (Å²) in [4.78, 5) is 4.79. The van der Waals surface area contributed by atoms with E-state index in [1.807, 2.05) is 26.1 Å². The van der Waals surface area contributed by atoms with E-state index >= 15 is 0 Å². The topological polar surface area (TPSA) is 12.9 Å². The van der Waals surface area contributed by atoms with E-state index in [1.165, 1.54) is 16.7 Å². The molecule has 0 saturated heterocycles. The zero-order valence-electron chi connectivity index (χ0n) is 18.0. The van der Waals surface area contributed by atoms with Crippen LogP contribution in [0.5, 0.6) is 0 Å². The van der Waals surface area contributed by atoms with E-state index < -0.39 is 6.17 Å². The van der Waals surface area contributed by atoms with Crippen LogP contribution in [0.25, 0.3) is 0 Å². The first-order valence-corrected chi connectivity index (χ1v) is 10.6. The summed E-state index contributed by atoms with van der Waals surface area (Å²) in [5.74, 6) is 0.0679. The van der Waals surface area contributed by atoms with Gasteiger partial charge in [-0.05, 0) is 67.3 Å². The number of aryl methyl sites for hydroxylation is 2. The van der Waals surface area contributed by atoms with Gasteiger partial charge < -0.3 is 0 Å². The van der Waals surface area contributed by atoms with Crippen molar-refractivity contribution < 1.29 is 4.39 Å². The molecule has 0 fully saturated rings. The maximum Gasteiger partial charge on any atom is 0.103 e. The number of hydrogen-bond acceptors (Lipinski definition) is 1. The molecule has 1 aromatic heterocycles. The standard InChI is InChI=1S/C27H32FN/c1-20(2)25(28)15-14-22-11-8-12-24(17-22)27(4,18-23-9-6-5-7-10-23)26-16-13-21(3)19-29-26/h5-13,16-17,19-20,25H,14-15,18H2,1-4H3. The number of aromatic nitrogens is 1. The maximum atomic E-state index is 14.1. The second kappa shape index (κ2) is 9.35. The second-order valence-electron chi connectivity index (χ2n) is 8.71. The minimum atomic E-state index is -0.756. The summed E-state index contributed by atoms with van der Waals surface area (Å²) in [5, 5.41) is 0. The number of pyridine rings is 1. The highest BCUT2D eigenvalue weighted by Crippen LogP contribution is 2.35. The molecule has 0 spiro atoms. The van der Waals surface area contributed by atoms with Crippen LogP contribution in [0.2, 0.25) is 0 Å². The Balaban J connectivity index is 1.95. The van der Waals surface area contributed by atoms with Crippen molar-refractivity contribution in [1.29, 1.82) is 0 Å². The van der Waals surface area contributed by atoms with Gasteiger partial charge >= 0.3 is 0 Å². The number of hydrogen-bond donors (Lipinski definition) is 0. The van der Waals surface area contributed by atoms with Crippen LogP contribution in [0, 0.1) is 12.8 Å². The van der Waals surface area contributed by atoms with Gasteiger partial charge in [0.1, 0.15) is 6.17 Å². The predicted molar refractivity (Wildman–Crippen MR) is 120 cm³/mol. The van der Waals surface area contributed by atoms with Crippen molar-refractivity contribution in [2.24, 2.45) is 5.92 Å². The van der Waals surface area contributed by atoms with Crippen LogP contribution < -0.4 is 0 Å². The van der Waals surface area contributed by atoms with Gasteiger partial charge in [-0.15, -0.1) is 0 Å². The molecule has 0 amide bonds. The zero-order chi connectivity index (χ0) is 20.9. The van der Waals surface area contributed by atoms with Gasteiger partial charge in [-0.2, -0.15) is 0 Å². The first-order chi connectivity index (χ1) is 13.9. The fraction of sp³-hybridized carbons (Fsp3) is 0.370. The van der Waals surface area contributed by atoms with E-state index in [0.717, 1.165) is 24.1 Å². The molecule has 2 atom stereocenters. The Morgan fingerprint density at radius 3 is 2.31 bits per heavy atom. The Bertz CT molecular complexity index is 901. The first-order valence-electron chi connectivity index (χ1n) is 10.6. The van der Waals surface area contributed by atoms with E-state index in [0.29, 0.717) is 6.42 Å². The van der Waals surface area contributed by atoms with Gasteiger partial charge in [0.2, 0.25) is 0 Å². The van der Waals surface area contributed by atoms with Crippen LogP contribution in [0.1, 0.15) is 55.1 Å². The van der Waals surface area contributed by atoms with E-state index in [-0.39, 0.29) is 11.3 Å². The third-order valence-corrected chi connectivity index (χ3v) is 5.87. The molecular formula is C27H32FN. The number of halogens is 1. The second-order valence-corrected chi connectivity index (χ2v) is 8.71. The average Bonchev–Trinajstić information content (AvgIpc) is 2.73. The van der Waals surface area contributed by atoms with Crippen LogP contribution in [0.4, 0.5) is 4.39 Å². The molecule has 0 N–H and O–H groups in total. The normalized spacial score (nSPS) is 14.6. The third kappa shape index (κ3) is 5.32. The Morgan fingerprint density at radius 2 is 1.66 bits per heavy atom. The molecule has 0 aliphatic heterocycles. The van der Waals surface area contributed by atoms with Crippen molar-refractivity contribution in [3.05, 3.63) is 101 Å². The van der Waals surface area contributed by atoms with Gasteiger partial charge in [0.25, 0.3) is 0 Å². The van der Waals surface area contributed by atoms with Gasteiger partial charge in [-0.1, -0.05) is 74.5 Å². The highest BCUT2D eigenvalue weighted by atomic mass is 19.1. The summed E-state index contributed by atoms with van der Waals surface area (Å²) in [6.07, 6.45) is 3.38. The van der Waals surface area contributed by atoms with Crippen molar-refractivity contribution in [2.45, 2.75) is 58.5 Å². The summed E-state index contributed by atoms with van der Waals surface area (Å²) in [5.41, 5.74) is 5.68. The van der Waals surface area contributed by atoms with Crippen LogP contribution in [0.3, 0.4) is 0 Å². The van der Waals surface area contributed by atoms with Gasteiger partial charge in [0.05, 0.1) is 5.69 Å². The van der Waals surface area contributed by atoms with Gasteiger partial charge in [-0.3, -0.25) is 4.98 Å². The Labute approximate surface area is 175 Å².